The minimum absolute atomic E-state index is 0. The molecule has 0 unspecified atom stereocenters. The van der Waals surface area contributed by atoms with Crippen LogP contribution in [0, 0.1) is 5.41 Å². The lowest BCUT2D eigenvalue weighted by Crippen LogP contribution is -3.00. The third-order valence-electron chi connectivity index (χ3n) is 8.34. The van der Waals surface area contributed by atoms with Crippen LogP contribution in [0.2, 0.25) is 0 Å². The van der Waals surface area contributed by atoms with Gasteiger partial charge in [0.25, 0.3) is 0 Å². The van der Waals surface area contributed by atoms with E-state index < -0.39 is 0 Å². The van der Waals surface area contributed by atoms with E-state index in [1.165, 1.54) is 89.9 Å². The van der Waals surface area contributed by atoms with Crippen molar-refractivity contribution in [2.75, 3.05) is 19.8 Å². The van der Waals surface area contributed by atoms with E-state index in [0.717, 1.165) is 51.5 Å². The number of ether oxygens (including phenoxy) is 2. The number of hydrogen-bond acceptors (Lipinski definition) is 5. The van der Waals surface area contributed by atoms with Crippen LogP contribution in [0.1, 0.15) is 148 Å². The summed E-state index contributed by atoms with van der Waals surface area (Å²) in [5, 5.41) is 4.95. The summed E-state index contributed by atoms with van der Waals surface area (Å²) in [5.41, 5.74) is 1.89. The molecule has 1 amide bonds. The third-order valence-corrected chi connectivity index (χ3v) is 9.01. The van der Waals surface area contributed by atoms with Gasteiger partial charge in [-0.05, 0) is 25.7 Å². The van der Waals surface area contributed by atoms with E-state index in [9.17, 15) is 9.59 Å². The Kier molecular flexibility index (Phi) is 23.4. The Morgan fingerprint density at radius 3 is 1.85 bits per heavy atom. The molecule has 0 radical (unpaired) electrons. The Bertz CT molecular complexity index is 758. The molecule has 0 spiro atoms. The normalized spacial score (nSPS) is 13.7. The SMILES string of the molecule is CCCCCCCCCCCCCCCCCCNC(=O)OCC1(COC(=O)CCCC[n+]2ccsc2)CCC1.[Br-]. The van der Waals surface area contributed by atoms with Crippen molar-refractivity contribution in [2.24, 2.45) is 5.41 Å². The fourth-order valence-electron chi connectivity index (χ4n) is 5.40. The van der Waals surface area contributed by atoms with Crippen molar-refractivity contribution in [3.8, 4) is 0 Å². The number of unbranched alkanes of at least 4 members (excludes halogenated alkanes) is 16. The zero-order chi connectivity index (χ0) is 28.6. The van der Waals surface area contributed by atoms with Gasteiger partial charge in [0.2, 0.25) is 5.51 Å². The Balaban J connectivity index is 0.00000840. The van der Waals surface area contributed by atoms with Crippen molar-refractivity contribution in [1.82, 2.24) is 5.32 Å². The van der Waals surface area contributed by atoms with E-state index in [0.29, 0.717) is 26.2 Å². The summed E-state index contributed by atoms with van der Waals surface area (Å²) in [6.45, 7) is 4.57. The van der Waals surface area contributed by atoms with Gasteiger partial charge in [0.15, 0.2) is 6.20 Å². The van der Waals surface area contributed by atoms with Crippen LogP contribution in [-0.2, 0) is 20.8 Å². The summed E-state index contributed by atoms with van der Waals surface area (Å²) in [6, 6.07) is 0. The van der Waals surface area contributed by atoms with Crippen molar-refractivity contribution < 1.29 is 40.6 Å². The zero-order valence-electron chi connectivity index (χ0n) is 26.0. The average molecular weight is 660 g/mol. The van der Waals surface area contributed by atoms with Gasteiger partial charge in [-0.15, -0.1) is 0 Å². The van der Waals surface area contributed by atoms with Crippen LogP contribution in [-0.4, -0.2) is 31.8 Å². The number of amides is 1. The first-order valence-corrected chi connectivity index (χ1v) is 17.6. The van der Waals surface area contributed by atoms with E-state index >= 15 is 0 Å². The molecule has 8 heteroatoms. The van der Waals surface area contributed by atoms with Crippen LogP contribution >= 0.6 is 11.3 Å². The monoisotopic (exact) mass is 658 g/mol. The summed E-state index contributed by atoms with van der Waals surface area (Å²) in [4.78, 5) is 24.3. The number of hydrogen-bond donors (Lipinski definition) is 1. The maximum atomic E-state index is 12.2. The minimum atomic E-state index is -0.343. The first-order valence-electron chi connectivity index (χ1n) is 16.6. The highest BCUT2D eigenvalue weighted by molar-refractivity contribution is 7.07. The van der Waals surface area contributed by atoms with E-state index in [4.69, 9.17) is 9.47 Å². The topological polar surface area (TPSA) is 68.5 Å². The second-order valence-corrected chi connectivity index (χ2v) is 12.8. The highest BCUT2D eigenvalue weighted by Crippen LogP contribution is 2.41. The van der Waals surface area contributed by atoms with Crippen molar-refractivity contribution >= 4 is 23.4 Å². The maximum absolute atomic E-state index is 12.2. The molecule has 1 aromatic heterocycles. The van der Waals surface area contributed by atoms with Gasteiger partial charge in [0.1, 0.15) is 19.8 Å². The summed E-state index contributed by atoms with van der Waals surface area (Å²) < 4.78 is 13.2. The fraction of sp³-hybridized carbons (Fsp3) is 0.848. The smallest absolute Gasteiger partial charge is 0.407 e. The molecule has 1 aliphatic rings. The number of carbonyl (C=O) groups excluding carboxylic acids is 2. The third kappa shape index (κ3) is 19.6. The lowest BCUT2D eigenvalue weighted by molar-refractivity contribution is -0.692. The molecule has 0 aromatic carbocycles. The summed E-state index contributed by atoms with van der Waals surface area (Å²) >= 11 is 1.67. The lowest BCUT2D eigenvalue weighted by Gasteiger charge is -2.40. The number of thiazole rings is 1. The number of nitrogens with one attached hydrogen (secondary N) is 1. The molecule has 0 aliphatic heterocycles. The van der Waals surface area contributed by atoms with Crippen molar-refractivity contribution in [3.05, 3.63) is 17.1 Å². The van der Waals surface area contributed by atoms with Crippen molar-refractivity contribution in [2.45, 2.75) is 155 Å². The number of halogens is 1. The van der Waals surface area contributed by atoms with Gasteiger partial charge in [-0.25, -0.2) is 4.79 Å². The largest absolute Gasteiger partial charge is 1.00 e. The molecule has 1 saturated carbocycles. The molecule has 41 heavy (non-hydrogen) atoms. The van der Waals surface area contributed by atoms with Crippen LogP contribution < -0.4 is 26.9 Å². The first-order chi connectivity index (χ1) is 19.6. The molecule has 6 nitrogen and oxygen atoms in total. The van der Waals surface area contributed by atoms with E-state index in [1.54, 1.807) is 11.3 Å². The number of rotatable bonds is 26. The fourth-order valence-corrected chi connectivity index (χ4v) is 6.03. The average Bonchev–Trinajstić information content (AvgIpc) is 3.46. The van der Waals surface area contributed by atoms with Gasteiger partial charge in [0, 0.05) is 24.8 Å². The van der Waals surface area contributed by atoms with E-state index in [2.05, 4.69) is 33.9 Å². The molecule has 1 N–H and O–H groups in total. The molecule has 2 rings (SSSR count). The van der Waals surface area contributed by atoms with Crippen LogP contribution in [0.5, 0.6) is 0 Å². The zero-order valence-corrected chi connectivity index (χ0v) is 28.4. The van der Waals surface area contributed by atoms with Crippen molar-refractivity contribution in [1.29, 1.82) is 0 Å². The quantitative estimate of drug-likeness (QED) is 0.0763. The number of carbonyl (C=O) groups is 2. The second kappa shape index (κ2) is 25.4. The Morgan fingerprint density at radius 1 is 0.780 bits per heavy atom. The molecule has 1 fully saturated rings. The number of aryl methyl sites for hydroxylation is 1. The van der Waals surface area contributed by atoms with Crippen LogP contribution in [0.3, 0.4) is 0 Å². The Labute approximate surface area is 265 Å². The second-order valence-electron chi connectivity index (χ2n) is 12.0. The highest BCUT2D eigenvalue weighted by Gasteiger charge is 2.39. The van der Waals surface area contributed by atoms with E-state index in [1.807, 2.05) is 0 Å². The molecular formula is C33H59BrN2O4S. The predicted molar refractivity (Wildman–Crippen MR) is 165 cm³/mol. The number of esters is 1. The lowest BCUT2D eigenvalue weighted by atomic mass is 9.70. The molecule has 238 valence electrons. The minimum Gasteiger partial charge on any atom is -1.00 e. The van der Waals surface area contributed by atoms with Crippen LogP contribution in [0.4, 0.5) is 4.79 Å². The maximum Gasteiger partial charge on any atom is 0.407 e. The van der Waals surface area contributed by atoms with Crippen LogP contribution in [0.15, 0.2) is 17.1 Å². The summed E-state index contributed by atoms with van der Waals surface area (Å²) in [6.07, 6.45) is 28.4. The van der Waals surface area contributed by atoms with Gasteiger partial charge < -0.3 is 31.8 Å². The van der Waals surface area contributed by atoms with Crippen molar-refractivity contribution in [3.63, 3.8) is 0 Å². The first kappa shape index (κ1) is 37.9. The van der Waals surface area contributed by atoms with Gasteiger partial charge in [0.05, 0.1) is 5.38 Å². The molecule has 1 aliphatic carbocycles. The molecule has 0 bridgehead atoms. The van der Waals surface area contributed by atoms with E-state index in [-0.39, 0.29) is 34.5 Å². The van der Waals surface area contributed by atoms with Gasteiger partial charge in [-0.3, -0.25) is 4.79 Å². The standard InChI is InChI=1S/C33H58N2O4S.BrH/c1-2-3-4-5-6-7-8-9-10-11-12-13-14-15-16-18-24-34-32(37)39-29-33(22-20-23-33)28-38-31(36)21-17-19-25-35-26-27-40-30-35;/h26-27,30H,2-25,28-29H2,1H3;1H. The van der Waals surface area contributed by atoms with Gasteiger partial charge in [-0.2, -0.15) is 4.57 Å². The number of nitrogens with zero attached hydrogens (tertiary/aromatic N) is 1. The molecule has 1 aromatic rings. The Morgan fingerprint density at radius 2 is 1.34 bits per heavy atom. The molecule has 1 heterocycles. The predicted octanol–water partition coefficient (Wildman–Crippen LogP) is 5.91. The molecular weight excluding hydrogens is 600 g/mol. The molecule has 0 atom stereocenters. The van der Waals surface area contributed by atoms with Gasteiger partial charge >= 0.3 is 12.1 Å². The van der Waals surface area contributed by atoms with Gasteiger partial charge in [-0.1, -0.05) is 121 Å². The summed E-state index contributed by atoms with van der Waals surface area (Å²) in [5.74, 6) is -0.144. The Hall–Kier alpha value is -1.15. The number of aromatic nitrogens is 1. The highest BCUT2D eigenvalue weighted by atomic mass is 79.9. The number of alkyl carbamates (subject to hydrolysis) is 1. The van der Waals surface area contributed by atoms with Crippen LogP contribution in [0.25, 0.3) is 0 Å². The summed E-state index contributed by atoms with van der Waals surface area (Å²) in [7, 11) is 0. The molecule has 0 saturated heterocycles.